The quantitative estimate of drug-likeness (QED) is 0.0351. The van der Waals surface area contributed by atoms with Crippen LogP contribution in [0.5, 0.6) is 17.2 Å². The molecule has 132 heavy (non-hydrogen) atoms. The summed E-state index contributed by atoms with van der Waals surface area (Å²) < 4.78 is 21.4. The van der Waals surface area contributed by atoms with E-state index in [1.807, 2.05) is 66.7 Å². The SMILES string of the molecule is CC1CCN(c2ncc(Cl)c(Nc3ccc4c(c3)cc(-c3ncc[nH]3)c(=O)n4C)n2)CC1.CCC(=O)C1Oc2cc(Nc3nc(N4CCN(C)CC4)ncc3Cl)ccc2N(C)C1=O.CCC(=O)COc1cc2cc(Nc3nc(N4CCN(C)CC4)ncc3Cl)ccc2n(C)c1=O.CCC(=O)COc1cc2cc(Nc3nc(N4C[C@@H](C)N(CC)[C@@H](C)C4)ncc3Cl)ccc2n(C)c1=O. The Morgan fingerprint density at radius 2 is 0.848 bits per heavy atom. The van der Waals surface area contributed by atoms with Crippen molar-refractivity contribution < 1.29 is 33.4 Å². The summed E-state index contributed by atoms with van der Waals surface area (Å²) in [7, 11) is 10.9. The van der Waals surface area contributed by atoms with Crippen LogP contribution in [-0.2, 0) is 40.3 Å². The van der Waals surface area contributed by atoms with Crippen LogP contribution >= 0.6 is 46.4 Å². The third-order valence-electron chi connectivity index (χ3n) is 24.1. The lowest BCUT2D eigenvalue weighted by Gasteiger charge is -2.44. The van der Waals surface area contributed by atoms with Gasteiger partial charge in [-0.15, -0.1) is 0 Å². The number of Topliss-reactive ketones (excluding diaryl/α,β-unsaturated/α-hetero) is 3. The average molecular weight is 1880 g/mol. The normalized spacial score (nSPS) is 16.7. The average Bonchev–Trinajstić information content (AvgIpc) is 1.04. The van der Waals surface area contributed by atoms with E-state index in [9.17, 15) is 33.6 Å². The summed E-state index contributed by atoms with van der Waals surface area (Å²) in [6.07, 6.45) is 11.9. The first-order valence-electron chi connectivity index (χ1n) is 44.1. The number of likely N-dealkylation sites (N-methyl/N-ethyl adjacent to an activating group) is 4. The fraction of sp³-hybridized carbons (Fsp3) is 0.398. The van der Waals surface area contributed by atoms with Crippen molar-refractivity contribution in [3.8, 4) is 28.6 Å². The Morgan fingerprint density at radius 3 is 1.24 bits per heavy atom. The second kappa shape index (κ2) is 42.7. The Hall–Kier alpha value is -12.6. The number of piperazine rings is 3. The number of anilines is 13. The summed E-state index contributed by atoms with van der Waals surface area (Å²) in [5.41, 5.74) is 5.74. The zero-order valence-electron chi connectivity index (χ0n) is 76.1. The zero-order chi connectivity index (χ0) is 93.9. The van der Waals surface area contributed by atoms with Gasteiger partial charge in [0, 0.05) is 195 Å². The Balaban J connectivity index is 0.000000142. The molecule has 0 bridgehead atoms. The molecule has 8 aromatic heterocycles. The lowest BCUT2D eigenvalue weighted by atomic mass is 10.00. The molecule has 3 atom stereocenters. The molecule has 39 heteroatoms. The second-order valence-corrected chi connectivity index (χ2v) is 35.0. The molecular weight excluding hydrogens is 1770 g/mol. The van der Waals surface area contributed by atoms with Gasteiger partial charge in [-0.2, -0.15) is 19.9 Å². The minimum atomic E-state index is -1.12. The van der Waals surface area contributed by atoms with Gasteiger partial charge < -0.3 is 88.5 Å². The molecule has 5 N–H and O–H groups in total. The van der Waals surface area contributed by atoms with Gasteiger partial charge in [-0.25, -0.2) is 24.9 Å². The molecule has 4 saturated heterocycles. The highest BCUT2D eigenvalue weighted by molar-refractivity contribution is 6.34. The fourth-order valence-corrected chi connectivity index (χ4v) is 16.6. The number of amides is 1. The van der Waals surface area contributed by atoms with Crippen LogP contribution in [0.25, 0.3) is 44.1 Å². The summed E-state index contributed by atoms with van der Waals surface area (Å²) in [4.78, 5) is 147. The van der Waals surface area contributed by atoms with Gasteiger partial charge in [-0.1, -0.05) is 81.0 Å². The van der Waals surface area contributed by atoms with Crippen molar-refractivity contribution in [2.45, 2.75) is 98.8 Å². The standard InChI is InChI=1S/C26H33ClN6O3.C23H24ClN7O.C23H27ClN6O3.C21H25ClN6O3/c1-6-20(34)15-36-23-11-18-10-19(8-9-22(18)31(5)25(23)35)29-24-21(27)12-28-26(30-24)32-13-16(3)33(7-2)17(4)14-32;1-14-5-9-31(10-6-14)23-27-13-18(24)21(29-23)28-16-3-4-19-15(11-16)12-17(22(32)30(19)2)20-25-7-8-26-20;1-4-17(31)14-33-20-12-15-11-16(5-6-19(15)29(3)22(20)32)26-21-18(24)13-25-23(27-21)30-9-7-28(2)8-10-30;1-4-16(29)18-20(30)27(3)15-6-5-13(11-17(15)31-18)24-19-14(22)12-23-21(25-19)28-9-7-26(2)8-10-28/h8-12,16-17H,6-7,13-15H2,1-5H3,(H,28,29,30);3-4,7-8,11-14H,5-6,9-10H2,1-2H3,(H,25,26)(H,27,28,29);5-6,11-13H,4,7-10,14H2,1-3H3,(H,25,26,27);5-6,11-12,18H,4,7-10H2,1-3H3,(H,23,24,25)/t16-,17+;;;. The first-order valence-corrected chi connectivity index (χ1v) is 45.6. The van der Waals surface area contributed by atoms with E-state index in [0.717, 1.165) is 154 Å². The molecule has 5 aliphatic rings. The number of pyridine rings is 3. The summed E-state index contributed by atoms with van der Waals surface area (Å²) in [5.74, 6) is 5.88. The van der Waals surface area contributed by atoms with Gasteiger partial charge in [0.25, 0.3) is 22.6 Å². The number of ketones is 3. The number of aryl methyl sites for hydroxylation is 3. The Kier molecular flexibility index (Phi) is 30.9. The van der Waals surface area contributed by atoms with E-state index >= 15 is 0 Å². The zero-order valence-corrected chi connectivity index (χ0v) is 79.1. The summed E-state index contributed by atoms with van der Waals surface area (Å²) in [6, 6.07) is 28.3. The maximum atomic E-state index is 12.8. The predicted molar refractivity (Wildman–Crippen MR) is 521 cm³/mol. The number of nitrogens with one attached hydrogen (secondary N) is 5. The number of nitrogens with zero attached hydrogens (tertiary/aromatic N) is 20. The predicted octanol–water partition coefficient (Wildman–Crippen LogP) is 13.5. The van der Waals surface area contributed by atoms with Crippen LogP contribution in [0.1, 0.15) is 80.6 Å². The molecule has 0 saturated carbocycles. The topological polar surface area (TPSA) is 368 Å². The van der Waals surface area contributed by atoms with E-state index in [2.05, 4.69) is 142 Å². The molecule has 0 aliphatic carbocycles. The van der Waals surface area contributed by atoms with Crippen LogP contribution in [0.15, 0.2) is 143 Å². The lowest BCUT2D eigenvalue weighted by Crippen LogP contribution is -2.57. The summed E-state index contributed by atoms with van der Waals surface area (Å²) in [5, 5.41) is 17.2. The molecule has 35 nitrogen and oxygen atoms in total. The molecule has 5 aliphatic heterocycles. The highest BCUT2D eigenvalue weighted by Gasteiger charge is 2.37. The van der Waals surface area contributed by atoms with Crippen LogP contribution in [0, 0.1) is 5.92 Å². The number of H-pyrrole nitrogens is 1. The van der Waals surface area contributed by atoms with E-state index in [1.54, 1.807) is 115 Å². The van der Waals surface area contributed by atoms with Gasteiger partial charge in [-0.3, -0.25) is 38.5 Å². The number of piperidine rings is 1. The minimum Gasteiger partial charge on any atom is -0.480 e. The second-order valence-electron chi connectivity index (χ2n) is 33.3. The number of carbonyl (C=O) groups excluding carboxylic acids is 4. The number of halogens is 4. The van der Waals surface area contributed by atoms with Gasteiger partial charge in [-0.05, 0) is 138 Å². The van der Waals surface area contributed by atoms with Gasteiger partial charge in [0.2, 0.25) is 29.9 Å². The van der Waals surface area contributed by atoms with Crippen molar-refractivity contribution in [1.82, 2.24) is 78.2 Å². The molecule has 1 unspecified atom stereocenters. The van der Waals surface area contributed by atoms with Gasteiger partial charge in [0.15, 0.2) is 52.1 Å². The Bertz CT molecular complexity index is 6410. The third kappa shape index (κ3) is 22.4. The number of rotatable bonds is 24. The van der Waals surface area contributed by atoms with Crippen molar-refractivity contribution in [2.24, 2.45) is 27.1 Å². The van der Waals surface area contributed by atoms with Crippen molar-refractivity contribution >= 4 is 178 Å². The maximum absolute atomic E-state index is 12.8. The van der Waals surface area contributed by atoms with E-state index in [1.165, 1.54) is 14.0 Å². The number of aromatic amines is 1. The van der Waals surface area contributed by atoms with Crippen LogP contribution in [0.3, 0.4) is 0 Å². The number of aromatic nitrogens is 13. The van der Waals surface area contributed by atoms with Crippen LogP contribution < -0.4 is 76.7 Å². The van der Waals surface area contributed by atoms with E-state index < -0.39 is 6.10 Å². The first-order chi connectivity index (χ1) is 63.4. The lowest BCUT2D eigenvalue weighted by molar-refractivity contribution is -0.137. The highest BCUT2D eigenvalue weighted by Crippen LogP contribution is 2.39. The van der Waals surface area contributed by atoms with Crippen LogP contribution in [-0.4, -0.2) is 239 Å². The highest BCUT2D eigenvalue weighted by atomic mass is 35.5. The number of fused-ring (bicyclic) bond motifs is 4. The molecule has 0 spiro atoms. The molecule has 17 rings (SSSR count). The van der Waals surface area contributed by atoms with Crippen molar-refractivity contribution in [3.05, 3.63) is 179 Å². The molecule has 12 aromatic rings. The van der Waals surface area contributed by atoms with E-state index in [-0.39, 0.29) is 71.1 Å². The van der Waals surface area contributed by atoms with Gasteiger partial charge >= 0.3 is 0 Å². The van der Waals surface area contributed by atoms with Crippen molar-refractivity contribution in [3.63, 3.8) is 0 Å². The fourth-order valence-electron chi connectivity index (χ4n) is 16.1. The van der Waals surface area contributed by atoms with Gasteiger partial charge in [0.1, 0.15) is 44.9 Å². The molecular formula is C93H109Cl4N25O10. The third-order valence-corrected chi connectivity index (χ3v) is 25.2. The molecule has 694 valence electrons. The summed E-state index contributed by atoms with van der Waals surface area (Å²) >= 11 is 25.6. The van der Waals surface area contributed by atoms with Gasteiger partial charge in [0.05, 0.1) is 52.6 Å². The van der Waals surface area contributed by atoms with E-state index in [0.29, 0.717) is 121 Å². The number of hydrogen-bond donors (Lipinski definition) is 5. The number of ether oxygens (including phenoxy) is 3. The number of benzene rings is 4. The number of imidazole rings is 1. The van der Waals surface area contributed by atoms with E-state index in [4.69, 9.17) is 65.6 Å². The minimum absolute atomic E-state index is 0.0675. The molecule has 13 heterocycles. The Morgan fingerprint density at radius 1 is 0.462 bits per heavy atom. The first kappa shape index (κ1) is 95.4. The molecule has 1 amide bonds. The van der Waals surface area contributed by atoms with Crippen molar-refractivity contribution in [1.29, 1.82) is 0 Å². The number of hydrogen-bond acceptors (Lipinski definition) is 30. The van der Waals surface area contributed by atoms with Crippen molar-refractivity contribution in [2.75, 3.05) is 165 Å². The largest absolute Gasteiger partial charge is 0.480 e. The Labute approximate surface area is 783 Å². The smallest absolute Gasteiger partial charge is 0.293 e. The summed E-state index contributed by atoms with van der Waals surface area (Å²) in [6.45, 7) is 25.7. The number of carbonyl (C=O) groups is 4. The van der Waals surface area contributed by atoms with Crippen LogP contribution in [0.2, 0.25) is 20.1 Å². The molecule has 0 radical (unpaired) electrons. The molecule has 4 fully saturated rings. The van der Waals surface area contributed by atoms with Crippen LogP contribution in [0.4, 0.5) is 75.5 Å². The monoisotopic (exact) mass is 1880 g/mol. The molecule has 4 aromatic carbocycles. The maximum Gasteiger partial charge on any atom is 0.293 e.